The second kappa shape index (κ2) is 6.74. The quantitative estimate of drug-likeness (QED) is 0.781. The van der Waals surface area contributed by atoms with Crippen LogP contribution in [0.3, 0.4) is 0 Å². The molecule has 0 spiro atoms. The third-order valence-electron chi connectivity index (χ3n) is 4.46. The van der Waals surface area contributed by atoms with Gasteiger partial charge in [-0.25, -0.2) is 0 Å². The van der Waals surface area contributed by atoms with Crippen LogP contribution in [0.1, 0.15) is 73.7 Å². The molecule has 0 bridgehead atoms. The maximum atomic E-state index is 10.9. The van der Waals surface area contributed by atoms with E-state index in [1.165, 1.54) is 50.5 Å². The van der Waals surface area contributed by atoms with Crippen LogP contribution in [0.4, 0.5) is 0 Å². The largest absolute Gasteiger partial charge is 0.507 e. The zero-order chi connectivity index (χ0) is 13.7. The van der Waals surface area contributed by atoms with Crippen LogP contribution in [0.25, 0.3) is 0 Å². The lowest BCUT2D eigenvalue weighted by Crippen LogP contribution is -2.13. The first-order chi connectivity index (χ1) is 9.24. The van der Waals surface area contributed by atoms with Crippen LogP contribution in [0.15, 0.2) is 18.2 Å². The Labute approximate surface area is 115 Å². The van der Waals surface area contributed by atoms with E-state index in [1.807, 2.05) is 12.1 Å². The van der Waals surface area contributed by atoms with Crippen molar-refractivity contribution in [3.8, 4) is 5.75 Å². The Kier molecular flexibility index (Phi) is 5.00. The van der Waals surface area contributed by atoms with E-state index in [2.05, 4.69) is 6.92 Å². The summed E-state index contributed by atoms with van der Waals surface area (Å²) in [5.41, 5.74) is 1.64. The van der Waals surface area contributed by atoms with Crippen molar-refractivity contribution < 1.29 is 9.90 Å². The topological polar surface area (TPSA) is 37.3 Å². The molecule has 104 valence electrons. The highest BCUT2D eigenvalue weighted by molar-refractivity contribution is 5.79. The standard InChI is InChI=1S/C17H24O2/c1-2-3-4-13-5-7-14(8-6-13)15-9-10-17(19)16(11-15)12-18/h9-14,19H,2-8H2,1H3. The fourth-order valence-electron chi connectivity index (χ4n) is 3.20. The fraction of sp³-hybridized carbons (Fsp3) is 0.588. The maximum Gasteiger partial charge on any atom is 0.153 e. The molecular weight excluding hydrogens is 236 g/mol. The van der Waals surface area contributed by atoms with Crippen molar-refractivity contribution in [1.29, 1.82) is 0 Å². The van der Waals surface area contributed by atoms with Crippen molar-refractivity contribution in [2.75, 3.05) is 0 Å². The van der Waals surface area contributed by atoms with E-state index in [0.717, 1.165) is 12.2 Å². The number of aldehydes is 1. The second-order valence-corrected chi connectivity index (χ2v) is 5.80. The lowest BCUT2D eigenvalue weighted by atomic mass is 9.77. The van der Waals surface area contributed by atoms with E-state index in [4.69, 9.17) is 0 Å². The van der Waals surface area contributed by atoms with Crippen LogP contribution in [0.2, 0.25) is 0 Å². The van der Waals surface area contributed by atoms with Gasteiger partial charge >= 0.3 is 0 Å². The normalized spacial score (nSPS) is 23.2. The van der Waals surface area contributed by atoms with Crippen molar-refractivity contribution >= 4 is 6.29 Å². The van der Waals surface area contributed by atoms with Crippen molar-refractivity contribution in [3.05, 3.63) is 29.3 Å². The van der Waals surface area contributed by atoms with Crippen LogP contribution >= 0.6 is 0 Å². The second-order valence-electron chi connectivity index (χ2n) is 5.80. The summed E-state index contributed by atoms with van der Waals surface area (Å²) in [5.74, 6) is 1.56. The minimum Gasteiger partial charge on any atom is -0.507 e. The zero-order valence-electron chi connectivity index (χ0n) is 11.8. The Morgan fingerprint density at radius 1 is 1.26 bits per heavy atom. The highest BCUT2D eigenvalue weighted by Crippen LogP contribution is 2.38. The Morgan fingerprint density at radius 3 is 2.63 bits per heavy atom. The van der Waals surface area contributed by atoms with Crippen molar-refractivity contribution in [2.45, 2.75) is 57.8 Å². The van der Waals surface area contributed by atoms with Crippen molar-refractivity contribution in [3.63, 3.8) is 0 Å². The summed E-state index contributed by atoms with van der Waals surface area (Å²) in [6, 6.07) is 5.49. The number of rotatable bonds is 5. The van der Waals surface area contributed by atoms with Crippen LogP contribution in [-0.2, 0) is 0 Å². The number of aromatic hydroxyl groups is 1. The smallest absolute Gasteiger partial charge is 0.153 e. The van der Waals surface area contributed by atoms with Gasteiger partial charge in [0.1, 0.15) is 5.75 Å². The van der Waals surface area contributed by atoms with Gasteiger partial charge in [0.15, 0.2) is 6.29 Å². The third kappa shape index (κ3) is 3.59. The molecule has 2 nitrogen and oxygen atoms in total. The average Bonchev–Trinajstić information content (AvgIpc) is 2.46. The van der Waals surface area contributed by atoms with Crippen LogP contribution < -0.4 is 0 Å². The maximum absolute atomic E-state index is 10.9. The number of benzene rings is 1. The van der Waals surface area contributed by atoms with Crippen LogP contribution in [0, 0.1) is 5.92 Å². The molecule has 0 unspecified atom stereocenters. The third-order valence-corrected chi connectivity index (χ3v) is 4.46. The highest BCUT2D eigenvalue weighted by atomic mass is 16.3. The first-order valence-electron chi connectivity index (χ1n) is 7.52. The summed E-state index contributed by atoms with van der Waals surface area (Å²) in [4.78, 5) is 10.9. The molecule has 2 heteroatoms. The SMILES string of the molecule is CCCCC1CCC(c2ccc(O)c(C=O)c2)CC1. The summed E-state index contributed by atoms with van der Waals surface area (Å²) in [5, 5.41) is 9.54. The molecule has 0 radical (unpaired) electrons. The molecule has 0 heterocycles. The molecule has 0 aliphatic heterocycles. The van der Waals surface area contributed by atoms with Gasteiger partial charge in [0.2, 0.25) is 0 Å². The molecule has 1 aromatic rings. The molecule has 19 heavy (non-hydrogen) atoms. The van der Waals surface area contributed by atoms with Gasteiger partial charge in [-0.2, -0.15) is 0 Å². The predicted octanol–water partition coefficient (Wildman–Crippen LogP) is 4.67. The summed E-state index contributed by atoms with van der Waals surface area (Å²) >= 11 is 0. The molecule has 1 aliphatic carbocycles. The minimum atomic E-state index is 0.0929. The Bertz CT molecular complexity index is 417. The molecule has 1 aliphatic rings. The van der Waals surface area contributed by atoms with E-state index in [0.29, 0.717) is 11.5 Å². The number of phenolic OH excluding ortho intramolecular Hbond substituents is 1. The van der Waals surface area contributed by atoms with E-state index < -0.39 is 0 Å². The first-order valence-corrected chi connectivity index (χ1v) is 7.52. The van der Waals surface area contributed by atoms with E-state index >= 15 is 0 Å². The molecule has 0 amide bonds. The first kappa shape index (κ1) is 14.1. The highest BCUT2D eigenvalue weighted by Gasteiger charge is 2.22. The van der Waals surface area contributed by atoms with Crippen LogP contribution in [0.5, 0.6) is 5.75 Å². The summed E-state index contributed by atoms with van der Waals surface area (Å²) in [6.45, 7) is 2.25. The van der Waals surface area contributed by atoms with Gasteiger partial charge < -0.3 is 5.11 Å². The predicted molar refractivity (Wildman–Crippen MR) is 77.7 cm³/mol. The van der Waals surface area contributed by atoms with Gasteiger partial charge in [-0.15, -0.1) is 0 Å². The summed E-state index contributed by atoms with van der Waals surface area (Å²) in [7, 11) is 0. The molecule has 1 N–H and O–H groups in total. The molecule has 1 saturated carbocycles. The number of phenols is 1. The zero-order valence-corrected chi connectivity index (χ0v) is 11.8. The molecule has 0 atom stereocenters. The van der Waals surface area contributed by atoms with E-state index in [1.54, 1.807) is 6.07 Å². The molecule has 1 aromatic carbocycles. The number of hydrogen-bond acceptors (Lipinski definition) is 2. The van der Waals surface area contributed by atoms with Crippen molar-refractivity contribution in [1.82, 2.24) is 0 Å². The summed E-state index contributed by atoms with van der Waals surface area (Å²) in [6.07, 6.45) is 9.81. The van der Waals surface area contributed by atoms with Gasteiger partial charge in [0.05, 0.1) is 5.56 Å². The van der Waals surface area contributed by atoms with E-state index in [-0.39, 0.29) is 5.75 Å². The molecule has 0 saturated heterocycles. The van der Waals surface area contributed by atoms with Gasteiger partial charge in [0, 0.05) is 0 Å². The van der Waals surface area contributed by atoms with Crippen LogP contribution in [-0.4, -0.2) is 11.4 Å². The molecule has 2 rings (SSSR count). The number of carbonyl (C=O) groups excluding carboxylic acids is 1. The molecular formula is C17H24O2. The van der Waals surface area contributed by atoms with Gasteiger partial charge in [-0.1, -0.05) is 32.3 Å². The fourth-order valence-corrected chi connectivity index (χ4v) is 3.20. The lowest BCUT2D eigenvalue weighted by molar-refractivity contribution is 0.112. The molecule has 1 fully saturated rings. The monoisotopic (exact) mass is 260 g/mol. The number of unbranched alkanes of at least 4 members (excludes halogenated alkanes) is 1. The van der Waals surface area contributed by atoms with E-state index in [9.17, 15) is 9.90 Å². The van der Waals surface area contributed by atoms with Gasteiger partial charge in [-0.3, -0.25) is 4.79 Å². The Hall–Kier alpha value is -1.31. The average molecular weight is 260 g/mol. The van der Waals surface area contributed by atoms with Crippen molar-refractivity contribution in [2.24, 2.45) is 5.92 Å². The molecule has 0 aromatic heterocycles. The number of carbonyl (C=O) groups is 1. The van der Waals surface area contributed by atoms with Gasteiger partial charge in [-0.05, 0) is 55.2 Å². The lowest BCUT2D eigenvalue weighted by Gasteiger charge is -2.29. The Morgan fingerprint density at radius 2 is 2.00 bits per heavy atom. The summed E-state index contributed by atoms with van der Waals surface area (Å²) < 4.78 is 0. The minimum absolute atomic E-state index is 0.0929. The number of hydrogen-bond donors (Lipinski definition) is 1. The Balaban J connectivity index is 1.95. The van der Waals surface area contributed by atoms with Gasteiger partial charge in [0.25, 0.3) is 0 Å².